The van der Waals surface area contributed by atoms with Crippen molar-refractivity contribution in [3.8, 4) is 0 Å². The standard InChI is InChI=1S/C21H25N3O3/c25-19-9-5-11-24(19)15-20(26)23-10-4-8-17(14-23)21-22-13-18(27-21)12-16-6-2-1-3-7-16/h1-3,6-7,13,17H,4-5,8-12,14-15H2/t17-/m0/s1. The maximum absolute atomic E-state index is 12.6. The molecule has 0 N–H and O–H groups in total. The molecule has 2 aromatic rings. The number of likely N-dealkylation sites (tertiary alicyclic amines) is 2. The zero-order valence-electron chi connectivity index (χ0n) is 15.5. The fourth-order valence-electron chi connectivity index (χ4n) is 3.93. The van der Waals surface area contributed by atoms with Gasteiger partial charge in [0, 0.05) is 32.5 Å². The summed E-state index contributed by atoms with van der Waals surface area (Å²) < 4.78 is 5.99. The van der Waals surface area contributed by atoms with Gasteiger partial charge >= 0.3 is 0 Å². The van der Waals surface area contributed by atoms with Crippen LogP contribution in [0.15, 0.2) is 40.9 Å². The number of carbonyl (C=O) groups excluding carboxylic acids is 2. The predicted octanol–water partition coefficient (Wildman–Crippen LogP) is 2.59. The molecular formula is C21H25N3O3. The van der Waals surface area contributed by atoms with Gasteiger partial charge in [0.25, 0.3) is 0 Å². The van der Waals surface area contributed by atoms with E-state index in [2.05, 4.69) is 17.1 Å². The van der Waals surface area contributed by atoms with Crippen molar-refractivity contribution in [1.82, 2.24) is 14.8 Å². The van der Waals surface area contributed by atoms with E-state index in [1.54, 1.807) is 11.1 Å². The summed E-state index contributed by atoms with van der Waals surface area (Å²) in [6, 6.07) is 10.2. The summed E-state index contributed by atoms with van der Waals surface area (Å²) in [5.41, 5.74) is 1.19. The number of hydrogen-bond acceptors (Lipinski definition) is 4. The Morgan fingerprint density at radius 2 is 2.04 bits per heavy atom. The van der Waals surface area contributed by atoms with Crippen molar-refractivity contribution >= 4 is 11.8 Å². The lowest BCUT2D eigenvalue weighted by Gasteiger charge is -2.32. The van der Waals surface area contributed by atoms with Crippen LogP contribution in [0.3, 0.4) is 0 Å². The van der Waals surface area contributed by atoms with Gasteiger partial charge in [-0.15, -0.1) is 0 Å². The number of rotatable bonds is 5. The van der Waals surface area contributed by atoms with Crippen molar-refractivity contribution in [2.45, 2.75) is 38.0 Å². The van der Waals surface area contributed by atoms with Crippen molar-refractivity contribution in [2.75, 3.05) is 26.2 Å². The number of amides is 2. The maximum atomic E-state index is 12.6. The Balaban J connectivity index is 1.36. The van der Waals surface area contributed by atoms with Gasteiger partial charge in [-0.05, 0) is 24.8 Å². The van der Waals surface area contributed by atoms with E-state index in [4.69, 9.17) is 4.42 Å². The minimum Gasteiger partial charge on any atom is -0.445 e. The first-order chi connectivity index (χ1) is 13.2. The van der Waals surface area contributed by atoms with E-state index in [0.29, 0.717) is 19.5 Å². The van der Waals surface area contributed by atoms with Gasteiger partial charge in [-0.25, -0.2) is 4.98 Å². The van der Waals surface area contributed by atoms with Gasteiger partial charge in [0.05, 0.1) is 18.7 Å². The van der Waals surface area contributed by atoms with E-state index >= 15 is 0 Å². The third-order valence-electron chi connectivity index (χ3n) is 5.41. The van der Waals surface area contributed by atoms with Crippen molar-refractivity contribution < 1.29 is 14.0 Å². The number of nitrogens with zero attached hydrogens (tertiary/aromatic N) is 3. The Hall–Kier alpha value is -2.63. The minimum absolute atomic E-state index is 0.0333. The van der Waals surface area contributed by atoms with E-state index in [0.717, 1.165) is 43.9 Å². The molecule has 2 fully saturated rings. The summed E-state index contributed by atoms with van der Waals surface area (Å²) in [4.78, 5) is 32.4. The Bertz CT molecular complexity index is 802. The van der Waals surface area contributed by atoms with E-state index in [1.807, 2.05) is 23.1 Å². The minimum atomic E-state index is 0.0333. The molecule has 2 aliphatic heterocycles. The quantitative estimate of drug-likeness (QED) is 0.815. The molecule has 0 spiro atoms. The molecule has 0 radical (unpaired) electrons. The van der Waals surface area contributed by atoms with Gasteiger partial charge < -0.3 is 14.2 Å². The summed E-state index contributed by atoms with van der Waals surface area (Å²) in [6.45, 7) is 2.27. The van der Waals surface area contributed by atoms with Gasteiger partial charge in [0.2, 0.25) is 11.8 Å². The lowest BCUT2D eigenvalue weighted by atomic mass is 9.98. The molecular weight excluding hydrogens is 342 g/mol. The number of oxazole rings is 1. The molecule has 3 heterocycles. The first-order valence-corrected chi connectivity index (χ1v) is 9.73. The molecule has 2 saturated heterocycles. The van der Waals surface area contributed by atoms with Crippen LogP contribution in [0.2, 0.25) is 0 Å². The average Bonchev–Trinajstić information content (AvgIpc) is 3.32. The number of piperidine rings is 1. The highest BCUT2D eigenvalue weighted by atomic mass is 16.4. The smallest absolute Gasteiger partial charge is 0.242 e. The normalized spacial score (nSPS) is 20.3. The van der Waals surface area contributed by atoms with Crippen LogP contribution in [-0.4, -0.2) is 52.8 Å². The van der Waals surface area contributed by atoms with Gasteiger partial charge in [-0.2, -0.15) is 0 Å². The highest BCUT2D eigenvalue weighted by molar-refractivity contribution is 5.86. The van der Waals surface area contributed by atoms with Gasteiger partial charge in [-0.1, -0.05) is 30.3 Å². The van der Waals surface area contributed by atoms with Crippen molar-refractivity contribution in [3.63, 3.8) is 0 Å². The Kier molecular flexibility index (Phi) is 5.23. The van der Waals surface area contributed by atoms with Crippen LogP contribution in [0.25, 0.3) is 0 Å². The van der Waals surface area contributed by atoms with Crippen LogP contribution in [0, 0.1) is 0 Å². The van der Waals surface area contributed by atoms with E-state index < -0.39 is 0 Å². The van der Waals surface area contributed by atoms with Crippen molar-refractivity contribution in [3.05, 3.63) is 53.7 Å². The number of hydrogen-bond donors (Lipinski definition) is 0. The second-order valence-electron chi connectivity index (χ2n) is 7.42. The van der Waals surface area contributed by atoms with Gasteiger partial charge in [-0.3, -0.25) is 9.59 Å². The molecule has 27 heavy (non-hydrogen) atoms. The largest absolute Gasteiger partial charge is 0.445 e. The molecule has 1 aromatic heterocycles. The summed E-state index contributed by atoms with van der Waals surface area (Å²) in [6.07, 6.45) is 5.84. The second kappa shape index (κ2) is 7.94. The van der Waals surface area contributed by atoms with Crippen LogP contribution in [-0.2, 0) is 16.0 Å². The molecule has 2 amide bonds. The monoisotopic (exact) mass is 367 g/mol. The van der Waals surface area contributed by atoms with Crippen LogP contribution in [0.4, 0.5) is 0 Å². The first kappa shape index (κ1) is 17.8. The van der Waals surface area contributed by atoms with Crippen LogP contribution < -0.4 is 0 Å². The van der Waals surface area contributed by atoms with E-state index in [9.17, 15) is 9.59 Å². The highest BCUT2D eigenvalue weighted by Gasteiger charge is 2.30. The number of carbonyl (C=O) groups is 2. The Labute approximate surface area is 159 Å². The lowest BCUT2D eigenvalue weighted by molar-refractivity contribution is -0.139. The fourth-order valence-corrected chi connectivity index (χ4v) is 3.93. The topological polar surface area (TPSA) is 66.7 Å². The van der Waals surface area contributed by atoms with E-state index in [-0.39, 0.29) is 24.3 Å². The molecule has 6 nitrogen and oxygen atoms in total. The summed E-state index contributed by atoms with van der Waals surface area (Å²) in [5.74, 6) is 1.82. The molecule has 0 unspecified atom stereocenters. The molecule has 0 saturated carbocycles. The molecule has 2 aliphatic rings. The average molecular weight is 367 g/mol. The zero-order valence-corrected chi connectivity index (χ0v) is 15.5. The zero-order chi connectivity index (χ0) is 18.6. The van der Waals surface area contributed by atoms with Gasteiger partial charge in [0.1, 0.15) is 5.76 Å². The van der Waals surface area contributed by atoms with Crippen molar-refractivity contribution in [1.29, 1.82) is 0 Å². The fraction of sp³-hybridized carbons (Fsp3) is 0.476. The predicted molar refractivity (Wildman–Crippen MR) is 100 cm³/mol. The third-order valence-corrected chi connectivity index (χ3v) is 5.41. The van der Waals surface area contributed by atoms with Gasteiger partial charge in [0.15, 0.2) is 5.89 Å². The highest BCUT2D eigenvalue weighted by Crippen LogP contribution is 2.27. The summed E-state index contributed by atoms with van der Waals surface area (Å²) >= 11 is 0. The number of aromatic nitrogens is 1. The Morgan fingerprint density at radius 1 is 1.19 bits per heavy atom. The summed E-state index contributed by atoms with van der Waals surface area (Å²) in [7, 11) is 0. The molecule has 0 bridgehead atoms. The maximum Gasteiger partial charge on any atom is 0.242 e. The van der Waals surface area contributed by atoms with Crippen LogP contribution in [0.1, 0.15) is 48.8 Å². The molecule has 1 aromatic carbocycles. The SMILES string of the molecule is O=C1CCCN1CC(=O)N1CCC[C@H](c2ncc(Cc3ccccc3)o2)C1. The lowest BCUT2D eigenvalue weighted by Crippen LogP contribution is -2.45. The first-order valence-electron chi connectivity index (χ1n) is 9.73. The third kappa shape index (κ3) is 4.21. The van der Waals surface area contributed by atoms with Crippen molar-refractivity contribution in [2.24, 2.45) is 0 Å². The molecule has 0 aliphatic carbocycles. The summed E-state index contributed by atoms with van der Waals surface area (Å²) in [5, 5.41) is 0. The molecule has 4 rings (SSSR count). The second-order valence-corrected chi connectivity index (χ2v) is 7.42. The number of benzene rings is 1. The Morgan fingerprint density at radius 3 is 2.81 bits per heavy atom. The molecule has 6 heteroatoms. The van der Waals surface area contributed by atoms with Crippen LogP contribution in [0.5, 0.6) is 0 Å². The molecule has 142 valence electrons. The molecule has 1 atom stereocenters. The van der Waals surface area contributed by atoms with E-state index in [1.165, 1.54) is 5.56 Å². The van der Waals surface area contributed by atoms with Crippen LogP contribution >= 0.6 is 0 Å².